The van der Waals surface area contributed by atoms with Gasteiger partial charge in [0, 0.05) is 19.4 Å². The number of rotatable bonds is 8. The van der Waals surface area contributed by atoms with Gasteiger partial charge >= 0.3 is 0 Å². The van der Waals surface area contributed by atoms with E-state index >= 15 is 0 Å². The molecule has 0 aliphatic rings. The molecule has 8 nitrogen and oxygen atoms in total. The highest BCUT2D eigenvalue weighted by molar-refractivity contribution is 7.92. The number of sulfonamides is 1. The van der Waals surface area contributed by atoms with Gasteiger partial charge in [-0.15, -0.1) is 0 Å². The molecule has 2 aromatic carbocycles. The van der Waals surface area contributed by atoms with Crippen LogP contribution in [-0.2, 0) is 21.4 Å². The van der Waals surface area contributed by atoms with Crippen LogP contribution in [0.4, 0.5) is 5.69 Å². The van der Waals surface area contributed by atoms with Crippen molar-refractivity contribution in [3.8, 4) is 5.75 Å². The van der Waals surface area contributed by atoms with E-state index < -0.39 is 10.0 Å². The molecule has 0 atom stereocenters. The summed E-state index contributed by atoms with van der Waals surface area (Å²) in [7, 11) is -2.17. The Kier molecular flexibility index (Phi) is 6.32. The first-order valence-electron chi connectivity index (χ1n) is 10.3. The minimum Gasteiger partial charge on any atom is -0.484 e. The molecule has 2 heterocycles. The van der Waals surface area contributed by atoms with E-state index in [0.717, 1.165) is 16.9 Å². The van der Waals surface area contributed by atoms with E-state index in [4.69, 9.17) is 4.74 Å². The molecule has 0 bridgehead atoms. The third-order valence-electron chi connectivity index (χ3n) is 5.13. The molecular weight excluding hydrogens is 440 g/mol. The number of fused-ring (bicyclic) bond motifs is 1. The van der Waals surface area contributed by atoms with Crippen LogP contribution in [0.2, 0.25) is 0 Å². The Labute approximate surface area is 192 Å². The highest BCUT2D eigenvalue weighted by atomic mass is 32.2. The largest absolute Gasteiger partial charge is 0.484 e. The molecule has 0 fully saturated rings. The summed E-state index contributed by atoms with van der Waals surface area (Å²) >= 11 is 0. The Balaban J connectivity index is 1.31. The van der Waals surface area contributed by atoms with Gasteiger partial charge in [0.15, 0.2) is 6.61 Å². The van der Waals surface area contributed by atoms with Gasteiger partial charge in [0.05, 0.1) is 22.8 Å². The maximum atomic E-state index is 12.8. The van der Waals surface area contributed by atoms with Crippen LogP contribution in [0.15, 0.2) is 84.0 Å². The van der Waals surface area contributed by atoms with Gasteiger partial charge < -0.3 is 14.5 Å². The molecule has 0 aliphatic heterocycles. The highest BCUT2D eigenvalue weighted by Gasteiger charge is 2.21. The average molecular weight is 465 g/mol. The second-order valence-corrected chi connectivity index (χ2v) is 9.51. The van der Waals surface area contributed by atoms with Crippen molar-refractivity contribution in [2.75, 3.05) is 18.0 Å². The number of pyridine rings is 1. The summed E-state index contributed by atoms with van der Waals surface area (Å²) in [5.41, 5.74) is 3.03. The highest BCUT2D eigenvalue weighted by Crippen LogP contribution is 2.24. The number of aromatic nitrogens is 2. The molecule has 2 aromatic heterocycles. The van der Waals surface area contributed by atoms with Crippen molar-refractivity contribution in [3.05, 3.63) is 90.4 Å². The van der Waals surface area contributed by atoms with Crippen LogP contribution in [0, 0.1) is 6.92 Å². The van der Waals surface area contributed by atoms with Crippen molar-refractivity contribution >= 4 is 27.3 Å². The fourth-order valence-electron chi connectivity index (χ4n) is 3.22. The molecule has 0 unspecified atom stereocenters. The zero-order valence-electron chi connectivity index (χ0n) is 18.3. The zero-order chi connectivity index (χ0) is 23.4. The van der Waals surface area contributed by atoms with Crippen molar-refractivity contribution in [2.45, 2.75) is 18.4 Å². The minimum atomic E-state index is -3.67. The Bertz CT molecular complexity index is 1330. The fourth-order valence-corrected chi connectivity index (χ4v) is 4.42. The van der Waals surface area contributed by atoms with Crippen LogP contribution >= 0.6 is 0 Å². The molecule has 0 aliphatic carbocycles. The Morgan fingerprint density at radius 3 is 2.48 bits per heavy atom. The summed E-state index contributed by atoms with van der Waals surface area (Å²) in [5.74, 6) is 0.179. The van der Waals surface area contributed by atoms with Crippen LogP contribution in [0.3, 0.4) is 0 Å². The van der Waals surface area contributed by atoms with E-state index in [1.807, 2.05) is 41.9 Å². The van der Waals surface area contributed by atoms with Gasteiger partial charge in [0.2, 0.25) is 0 Å². The van der Waals surface area contributed by atoms with E-state index in [9.17, 15) is 13.2 Å². The number of carbonyl (C=O) groups is 1. The van der Waals surface area contributed by atoms with Crippen LogP contribution in [0.5, 0.6) is 5.75 Å². The molecule has 33 heavy (non-hydrogen) atoms. The van der Waals surface area contributed by atoms with Crippen molar-refractivity contribution < 1.29 is 17.9 Å². The topological polar surface area (TPSA) is 93.0 Å². The zero-order valence-corrected chi connectivity index (χ0v) is 19.1. The number of hydrogen-bond acceptors (Lipinski definition) is 5. The lowest BCUT2D eigenvalue weighted by Gasteiger charge is -2.20. The Morgan fingerprint density at radius 2 is 1.79 bits per heavy atom. The molecule has 0 spiro atoms. The lowest BCUT2D eigenvalue weighted by molar-refractivity contribution is -0.123. The molecule has 4 aromatic rings. The number of ether oxygens (including phenoxy) is 1. The third kappa shape index (κ3) is 5.15. The molecule has 0 saturated heterocycles. The summed E-state index contributed by atoms with van der Waals surface area (Å²) in [5, 5.41) is 2.77. The number of hydrogen-bond donors (Lipinski definition) is 1. The molecule has 1 amide bonds. The number of nitrogens with zero attached hydrogens (tertiary/aromatic N) is 3. The maximum absolute atomic E-state index is 12.8. The Morgan fingerprint density at radius 1 is 1.06 bits per heavy atom. The fraction of sp³-hybridized carbons (Fsp3) is 0.167. The second kappa shape index (κ2) is 9.33. The lowest BCUT2D eigenvalue weighted by atomic mass is 10.2. The van der Waals surface area contributed by atoms with Crippen molar-refractivity contribution in [3.63, 3.8) is 0 Å². The lowest BCUT2D eigenvalue weighted by Crippen LogP contribution is -2.28. The van der Waals surface area contributed by atoms with Crippen molar-refractivity contribution in [2.24, 2.45) is 0 Å². The van der Waals surface area contributed by atoms with Gasteiger partial charge in [-0.1, -0.05) is 23.8 Å². The van der Waals surface area contributed by atoms with Gasteiger partial charge in [-0.2, -0.15) is 0 Å². The van der Waals surface area contributed by atoms with E-state index in [0.29, 0.717) is 18.0 Å². The smallest absolute Gasteiger partial charge is 0.264 e. The normalized spacial score (nSPS) is 11.3. The first-order chi connectivity index (χ1) is 15.8. The molecular formula is C24H24N4O4S. The van der Waals surface area contributed by atoms with Gasteiger partial charge in [-0.3, -0.25) is 9.10 Å². The molecule has 170 valence electrons. The van der Waals surface area contributed by atoms with E-state index in [1.165, 1.54) is 11.4 Å². The standard InChI is InChI=1S/C24H24N4O4S/c1-18-6-12-22(13-7-18)33(30,31)27(2)20-8-10-21(11-9-20)32-17-24(29)25-15-19-16-28-14-4-3-5-23(28)26-19/h3-14,16H,15,17H2,1-2H3,(H,25,29). The first kappa shape index (κ1) is 22.3. The van der Waals surface area contributed by atoms with Gasteiger partial charge in [-0.25, -0.2) is 13.4 Å². The SMILES string of the molecule is Cc1ccc(S(=O)(=O)N(C)c2ccc(OCC(=O)NCc3cn4ccccc4n3)cc2)cc1. The summed E-state index contributed by atoms with van der Waals surface area (Å²) in [4.78, 5) is 16.8. The number of anilines is 1. The van der Waals surface area contributed by atoms with Crippen molar-refractivity contribution in [1.82, 2.24) is 14.7 Å². The number of carbonyl (C=O) groups excluding carboxylic acids is 1. The summed E-state index contributed by atoms with van der Waals surface area (Å²) in [6.45, 7) is 2.04. The molecule has 0 radical (unpaired) electrons. The summed E-state index contributed by atoms with van der Waals surface area (Å²) < 4.78 is 34.3. The monoisotopic (exact) mass is 464 g/mol. The average Bonchev–Trinajstić information content (AvgIpc) is 3.24. The Hall–Kier alpha value is -3.85. The number of benzene rings is 2. The van der Waals surface area contributed by atoms with Crippen LogP contribution in [0.1, 0.15) is 11.3 Å². The van der Waals surface area contributed by atoms with E-state index in [1.54, 1.807) is 48.5 Å². The molecule has 9 heteroatoms. The number of aryl methyl sites for hydroxylation is 1. The summed E-state index contributed by atoms with van der Waals surface area (Å²) in [6, 6.07) is 18.9. The predicted octanol–water partition coefficient (Wildman–Crippen LogP) is 3.16. The first-order valence-corrected chi connectivity index (χ1v) is 11.7. The molecule has 4 rings (SSSR count). The third-order valence-corrected chi connectivity index (χ3v) is 6.93. The van der Waals surface area contributed by atoms with Gasteiger partial charge in [-0.05, 0) is 55.5 Å². The van der Waals surface area contributed by atoms with Gasteiger partial charge in [0.1, 0.15) is 11.4 Å². The number of imidazole rings is 1. The van der Waals surface area contributed by atoms with Gasteiger partial charge in [0.25, 0.3) is 15.9 Å². The predicted molar refractivity (Wildman–Crippen MR) is 126 cm³/mol. The maximum Gasteiger partial charge on any atom is 0.264 e. The van der Waals surface area contributed by atoms with Crippen LogP contribution < -0.4 is 14.4 Å². The minimum absolute atomic E-state index is 0.162. The quantitative estimate of drug-likeness (QED) is 0.432. The van der Waals surface area contributed by atoms with Crippen LogP contribution in [0.25, 0.3) is 5.65 Å². The summed E-state index contributed by atoms with van der Waals surface area (Å²) in [6.07, 6.45) is 3.75. The number of amides is 1. The van der Waals surface area contributed by atoms with E-state index in [2.05, 4.69) is 10.3 Å². The molecule has 1 N–H and O–H groups in total. The second-order valence-electron chi connectivity index (χ2n) is 7.54. The van der Waals surface area contributed by atoms with Crippen LogP contribution in [-0.4, -0.2) is 37.4 Å². The molecule has 0 saturated carbocycles. The van der Waals surface area contributed by atoms with Crippen molar-refractivity contribution in [1.29, 1.82) is 0 Å². The van der Waals surface area contributed by atoms with E-state index in [-0.39, 0.29) is 17.4 Å². The number of nitrogens with one attached hydrogen (secondary N) is 1.